The van der Waals surface area contributed by atoms with Crippen molar-refractivity contribution in [3.8, 4) is 12.3 Å². The summed E-state index contributed by atoms with van der Waals surface area (Å²) >= 11 is 0. The summed E-state index contributed by atoms with van der Waals surface area (Å²) in [6.45, 7) is 1.26. The Morgan fingerprint density at radius 2 is 2.47 bits per heavy atom. The van der Waals surface area contributed by atoms with Gasteiger partial charge in [-0.05, 0) is 25.0 Å². The Morgan fingerprint density at radius 3 is 3.06 bits per heavy atom. The van der Waals surface area contributed by atoms with Crippen molar-refractivity contribution in [2.24, 2.45) is 0 Å². The Morgan fingerprint density at radius 1 is 1.65 bits per heavy atom. The molecule has 0 aromatic carbocycles. The molecule has 1 amide bonds. The lowest BCUT2D eigenvalue weighted by atomic mass is 10.3. The van der Waals surface area contributed by atoms with Gasteiger partial charge in [0.1, 0.15) is 5.76 Å². The van der Waals surface area contributed by atoms with Crippen molar-refractivity contribution in [2.75, 3.05) is 13.1 Å². The summed E-state index contributed by atoms with van der Waals surface area (Å²) in [6, 6.07) is 4.10. The second-order valence-electron chi connectivity index (χ2n) is 4.14. The third kappa shape index (κ3) is 3.36. The Hall–Kier alpha value is -1.73. The maximum atomic E-state index is 12.0. The molecule has 0 atom stereocenters. The van der Waals surface area contributed by atoms with E-state index in [1.165, 1.54) is 0 Å². The SMILES string of the molecule is C#CCNCC(=O)N(Cc1ccco1)C1CC1. The molecule has 1 aromatic rings. The molecular weight excluding hydrogens is 216 g/mol. The lowest BCUT2D eigenvalue weighted by molar-refractivity contribution is -0.131. The average Bonchev–Trinajstić information content (AvgIpc) is 3.03. The molecule has 1 aromatic heterocycles. The largest absolute Gasteiger partial charge is 0.467 e. The Balaban J connectivity index is 1.88. The molecule has 0 unspecified atom stereocenters. The lowest BCUT2D eigenvalue weighted by Gasteiger charge is -2.21. The van der Waals surface area contributed by atoms with Gasteiger partial charge in [-0.3, -0.25) is 10.1 Å². The number of carbonyl (C=O) groups excluding carboxylic acids is 1. The highest BCUT2D eigenvalue weighted by atomic mass is 16.3. The maximum Gasteiger partial charge on any atom is 0.237 e. The van der Waals surface area contributed by atoms with Crippen molar-refractivity contribution in [1.82, 2.24) is 10.2 Å². The summed E-state index contributed by atoms with van der Waals surface area (Å²) < 4.78 is 5.27. The molecule has 0 bridgehead atoms. The van der Waals surface area contributed by atoms with E-state index in [0.29, 0.717) is 25.7 Å². The molecule has 90 valence electrons. The van der Waals surface area contributed by atoms with Crippen LogP contribution in [0.3, 0.4) is 0 Å². The third-order valence-electron chi connectivity index (χ3n) is 2.72. The first kappa shape index (κ1) is 11.7. The zero-order valence-corrected chi connectivity index (χ0v) is 9.69. The molecule has 0 saturated heterocycles. The van der Waals surface area contributed by atoms with Crippen LogP contribution >= 0.6 is 0 Å². The minimum Gasteiger partial charge on any atom is -0.467 e. The predicted molar refractivity (Wildman–Crippen MR) is 64.0 cm³/mol. The van der Waals surface area contributed by atoms with Gasteiger partial charge in [-0.15, -0.1) is 6.42 Å². The molecule has 1 fully saturated rings. The number of rotatable bonds is 6. The van der Waals surface area contributed by atoms with Gasteiger partial charge in [-0.25, -0.2) is 0 Å². The van der Waals surface area contributed by atoms with Crippen LogP contribution in [-0.4, -0.2) is 29.9 Å². The van der Waals surface area contributed by atoms with Crippen LogP contribution in [0.1, 0.15) is 18.6 Å². The van der Waals surface area contributed by atoms with Crippen LogP contribution in [0.25, 0.3) is 0 Å². The van der Waals surface area contributed by atoms with Crippen LogP contribution in [-0.2, 0) is 11.3 Å². The van der Waals surface area contributed by atoms with Gasteiger partial charge in [0.15, 0.2) is 0 Å². The monoisotopic (exact) mass is 232 g/mol. The van der Waals surface area contributed by atoms with E-state index in [1.54, 1.807) is 6.26 Å². The highest BCUT2D eigenvalue weighted by Crippen LogP contribution is 2.28. The van der Waals surface area contributed by atoms with Crippen molar-refractivity contribution in [1.29, 1.82) is 0 Å². The lowest BCUT2D eigenvalue weighted by Crippen LogP contribution is -2.39. The quantitative estimate of drug-likeness (QED) is 0.587. The summed E-state index contributed by atoms with van der Waals surface area (Å²) in [5, 5.41) is 2.92. The molecule has 4 nitrogen and oxygen atoms in total. The number of nitrogens with one attached hydrogen (secondary N) is 1. The van der Waals surface area contributed by atoms with E-state index >= 15 is 0 Å². The molecule has 1 heterocycles. The van der Waals surface area contributed by atoms with Gasteiger partial charge in [0.25, 0.3) is 0 Å². The van der Waals surface area contributed by atoms with Gasteiger partial charge in [0.2, 0.25) is 5.91 Å². The van der Waals surface area contributed by atoms with Crippen LogP contribution in [0.15, 0.2) is 22.8 Å². The fourth-order valence-electron chi connectivity index (χ4n) is 1.72. The van der Waals surface area contributed by atoms with E-state index in [4.69, 9.17) is 10.8 Å². The van der Waals surface area contributed by atoms with Gasteiger partial charge in [-0.2, -0.15) is 0 Å². The predicted octanol–water partition coefficient (Wildman–Crippen LogP) is 0.993. The van der Waals surface area contributed by atoms with Crippen LogP contribution in [0, 0.1) is 12.3 Å². The van der Waals surface area contributed by atoms with E-state index in [-0.39, 0.29) is 5.91 Å². The van der Waals surface area contributed by atoms with Crippen LogP contribution in [0.5, 0.6) is 0 Å². The first-order valence-electron chi connectivity index (χ1n) is 5.77. The number of hydrogen-bond donors (Lipinski definition) is 1. The molecule has 1 aliphatic rings. The van der Waals surface area contributed by atoms with E-state index in [9.17, 15) is 4.79 Å². The number of amides is 1. The standard InChI is InChI=1S/C13H16N2O2/c1-2-7-14-9-13(16)15(11-5-6-11)10-12-4-3-8-17-12/h1,3-4,8,11,14H,5-7,9-10H2. The van der Waals surface area contributed by atoms with E-state index < -0.39 is 0 Å². The number of hydrogen-bond acceptors (Lipinski definition) is 3. The van der Waals surface area contributed by atoms with Crippen molar-refractivity contribution in [3.63, 3.8) is 0 Å². The second-order valence-corrected chi connectivity index (χ2v) is 4.14. The summed E-state index contributed by atoms with van der Waals surface area (Å²) in [7, 11) is 0. The number of nitrogens with zero attached hydrogens (tertiary/aromatic N) is 1. The smallest absolute Gasteiger partial charge is 0.237 e. The third-order valence-corrected chi connectivity index (χ3v) is 2.72. The molecule has 1 saturated carbocycles. The Kier molecular flexibility index (Phi) is 3.84. The number of furan rings is 1. The van der Waals surface area contributed by atoms with Crippen molar-refractivity contribution >= 4 is 5.91 Å². The molecule has 1 aliphatic carbocycles. The molecule has 0 aliphatic heterocycles. The van der Waals surface area contributed by atoms with Gasteiger partial charge < -0.3 is 9.32 Å². The maximum absolute atomic E-state index is 12.0. The van der Waals surface area contributed by atoms with E-state index in [1.807, 2.05) is 17.0 Å². The van der Waals surface area contributed by atoms with E-state index in [0.717, 1.165) is 18.6 Å². The molecule has 0 spiro atoms. The van der Waals surface area contributed by atoms with Crippen molar-refractivity contribution in [3.05, 3.63) is 24.2 Å². The minimum atomic E-state index is 0.0825. The number of terminal acetylenes is 1. The summed E-state index contributed by atoms with van der Waals surface area (Å²) in [6.07, 6.45) is 8.92. The minimum absolute atomic E-state index is 0.0825. The van der Waals surface area contributed by atoms with Crippen LogP contribution in [0.4, 0.5) is 0 Å². The molecule has 17 heavy (non-hydrogen) atoms. The Bertz CT molecular complexity index is 402. The van der Waals surface area contributed by atoms with Gasteiger partial charge >= 0.3 is 0 Å². The van der Waals surface area contributed by atoms with Crippen molar-refractivity contribution in [2.45, 2.75) is 25.4 Å². The molecule has 0 radical (unpaired) electrons. The summed E-state index contributed by atoms with van der Waals surface area (Å²) in [4.78, 5) is 13.8. The Labute approximate surface area is 101 Å². The number of carbonyl (C=O) groups is 1. The highest BCUT2D eigenvalue weighted by molar-refractivity contribution is 5.78. The summed E-state index contributed by atoms with van der Waals surface area (Å²) in [5.74, 6) is 3.36. The normalized spacial score (nSPS) is 14.3. The highest BCUT2D eigenvalue weighted by Gasteiger charge is 2.32. The van der Waals surface area contributed by atoms with Crippen molar-refractivity contribution < 1.29 is 9.21 Å². The zero-order valence-electron chi connectivity index (χ0n) is 9.69. The molecule has 1 N–H and O–H groups in total. The zero-order chi connectivity index (χ0) is 12.1. The van der Waals surface area contributed by atoms with Crippen LogP contribution < -0.4 is 5.32 Å². The molecular formula is C13H16N2O2. The average molecular weight is 232 g/mol. The van der Waals surface area contributed by atoms with Gasteiger partial charge in [0, 0.05) is 6.04 Å². The second kappa shape index (κ2) is 5.55. The topological polar surface area (TPSA) is 45.5 Å². The summed E-state index contributed by atoms with van der Waals surface area (Å²) in [5.41, 5.74) is 0. The fourth-order valence-corrected chi connectivity index (χ4v) is 1.72. The van der Waals surface area contributed by atoms with Gasteiger partial charge in [-0.1, -0.05) is 5.92 Å². The van der Waals surface area contributed by atoms with Gasteiger partial charge in [0.05, 0.1) is 25.9 Å². The first-order valence-corrected chi connectivity index (χ1v) is 5.77. The van der Waals surface area contributed by atoms with E-state index in [2.05, 4.69) is 11.2 Å². The fraction of sp³-hybridized carbons (Fsp3) is 0.462. The molecule has 2 rings (SSSR count). The molecule has 4 heteroatoms. The van der Waals surface area contributed by atoms with Crippen LogP contribution in [0.2, 0.25) is 0 Å². The first-order chi connectivity index (χ1) is 8.31.